The number of rotatable bonds is 4. The zero-order valence-corrected chi connectivity index (χ0v) is 15.7. The predicted octanol–water partition coefficient (Wildman–Crippen LogP) is 2.62. The fourth-order valence-corrected chi connectivity index (χ4v) is 4.06. The Morgan fingerprint density at radius 3 is 2.73 bits per heavy atom. The highest BCUT2D eigenvalue weighted by Crippen LogP contribution is 2.29. The molecule has 142 valence electrons. The highest BCUT2D eigenvalue weighted by molar-refractivity contribution is 7.99. The van der Waals surface area contributed by atoms with Gasteiger partial charge in [0, 0.05) is 20.0 Å². The maximum atomic E-state index is 14.7. The summed E-state index contributed by atoms with van der Waals surface area (Å²) >= 11 is 1.95. The summed E-state index contributed by atoms with van der Waals surface area (Å²) in [6.07, 6.45) is 1.13. The van der Waals surface area contributed by atoms with Crippen molar-refractivity contribution in [3.05, 3.63) is 24.0 Å². The third kappa shape index (κ3) is 4.60. The second kappa shape index (κ2) is 8.62. The lowest BCUT2D eigenvalue weighted by Crippen LogP contribution is -2.33. The van der Waals surface area contributed by atoms with Gasteiger partial charge in [0.05, 0.1) is 24.5 Å². The summed E-state index contributed by atoms with van der Waals surface area (Å²) in [6.45, 7) is 3.64. The van der Waals surface area contributed by atoms with Gasteiger partial charge in [0.1, 0.15) is 11.9 Å². The molecular formula is C18H24FN3O3S. The first kappa shape index (κ1) is 18.8. The summed E-state index contributed by atoms with van der Waals surface area (Å²) in [5.41, 5.74) is 1.06. The highest BCUT2D eigenvalue weighted by atomic mass is 32.2. The van der Waals surface area contributed by atoms with Gasteiger partial charge in [-0.25, -0.2) is 9.18 Å². The number of anilines is 2. The second-order valence-corrected chi connectivity index (χ2v) is 7.72. The Balaban J connectivity index is 1.68. The number of carbonyl (C=O) groups is 2. The molecule has 0 aromatic heterocycles. The number of hydrogen-bond donors (Lipinski definition) is 1. The highest BCUT2D eigenvalue weighted by Gasteiger charge is 2.32. The lowest BCUT2D eigenvalue weighted by molar-refractivity contribution is -0.119. The summed E-state index contributed by atoms with van der Waals surface area (Å²) in [7, 11) is 0. The average molecular weight is 381 g/mol. The summed E-state index contributed by atoms with van der Waals surface area (Å²) in [5.74, 6) is 1.70. The molecule has 2 saturated heterocycles. The molecule has 26 heavy (non-hydrogen) atoms. The number of nitrogens with zero attached hydrogens (tertiary/aromatic N) is 2. The quantitative estimate of drug-likeness (QED) is 0.869. The van der Waals surface area contributed by atoms with Crippen LogP contribution in [0.15, 0.2) is 18.2 Å². The molecule has 2 aliphatic rings. The minimum atomic E-state index is -0.518. The summed E-state index contributed by atoms with van der Waals surface area (Å²) < 4.78 is 20.0. The molecule has 6 nitrogen and oxygen atoms in total. The van der Waals surface area contributed by atoms with Crippen LogP contribution in [0.4, 0.5) is 20.6 Å². The number of ether oxygens (including phenoxy) is 1. The number of cyclic esters (lactones) is 1. The molecule has 2 fully saturated rings. The Hall–Kier alpha value is -1.96. The molecular weight excluding hydrogens is 357 g/mol. The van der Waals surface area contributed by atoms with Crippen molar-refractivity contribution in [2.45, 2.75) is 25.9 Å². The lowest BCUT2D eigenvalue weighted by Gasteiger charge is -2.27. The van der Waals surface area contributed by atoms with Crippen LogP contribution in [0.1, 0.15) is 19.8 Å². The Morgan fingerprint density at radius 1 is 1.35 bits per heavy atom. The van der Waals surface area contributed by atoms with E-state index >= 15 is 0 Å². The Bertz CT molecular complexity index is 665. The van der Waals surface area contributed by atoms with Crippen LogP contribution < -0.4 is 15.1 Å². The van der Waals surface area contributed by atoms with E-state index in [1.807, 2.05) is 11.8 Å². The SMILES string of the molecule is CC(=O)NCC1CN(c2ccc(N3CCCSCCC3)c(F)c2)C(=O)O1. The van der Waals surface area contributed by atoms with Crippen LogP contribution in [0.5, 0.6) is 0 Å². The van der Waals surface area contributed by atoms with Gasteiger partial charge in [-0.05, 0) is 42.5 Å². The maximum Gasteiger partial charge on any atom is 0.414 e. The molecule has 8 heteroatoms. The van der Waals surface area contributed by atoms with Gasteiger partial charge >= 0.3 is 6.09 Å². The Kier molecular flexibility index (Phi) is 6.24. The van der Waals surface area contributed by atoms with Crippen molar-refractivity contribution in [1.82, 2.24) is 5.32 Å². The third-order valence-electron chi connectivity index (χ3n) is 4.47. The van der Waals surface area contributed by atoms with E-state index in [4.69, 9.17) is 4.74 Å². The number of amides is 2. The van der Waals surface area contributed by atoms with E-state index in [1.165, 1.54) is 17.9 Å². The molecule has 1 aromatic rings. The van der Waals surface area contributed by atoms with Crippen molar-refractivity contribution in [2.24, 2.45) is 0 Å². The van der Waals surface area contributed by atoms with Gasteiger partial charge < -0.3 is 15.0 Å². The molecule has 0 bridgehead atoms. The van der Waals surface area contributed by atoms with Gasteiger partial charge in [-0.15, -0.1) is 0 Å². The molecule has 0 radical (unpaired) electrons. The van der Waals surface area contributed by atoms with Gasteiger partial charge in [-0.2, -0.15) is 11.8 Å². The normalized spacial score (nSPS) is 21.2. The molecule has 2 aliphatic heterocycles. The zero-order valence-electron chi connectivity index (χ0n) is 14.9. The summed E-state index contributed by atoms with van der Waals surface area (Å²) in [4.78, 5) is 26.5. The Morgan fingerprint density at radius 2 is 2.08 bits per heavy atom. The van der Waals surface area contributed by atoms with Crippen molar-refractivity contribution in [3.8, 4) is 0 Å². The number of halogens is 1. The first-order valence-electron chi connectivity index (χ1n) is 8.89. The van der Waals surface area contributed by atoms with Crippen LogP contribution in [-0.4, -0.2) is 55.8 Å². The van der Waals surface area contributed by atoms with Gasteiger partial charge in [0.2, 0.25) is 5.91 Å². The molecule has 0 aliphatic carbocycles. The topological polar surface area (TPSA) is 61.9 Å². The van der Waals surface area contributed by atoms with Crippen LogP contribution in [0.25, 0.3) is 0 Å². The van der Waals surface area contributed by atoms with E-state index in [2.05, 4.69) is 10.2 Å². The maximum absolute atomic E-state index is 14.7. The molecule has 0 saturated carbocycles. The summed E-state index contributed by atoms with van der Waals surface area (Å²) in [6, 6.07) is 4.90. The number of carbonyl (C=O) groups excluding carboxylic acids is 2. The monoisotopic (exact) mass is 381 g/mol. The van der Waals surface area contributed by atoms with Crippen LogP contribution in [0.2, 0.25) is 0 Å². The number of nitrogens with one attached hydrogen (secondary N) is 1. The minimum Gasteiger partial charge on any atom is -0.442 e. The average Bonchev–Trinajstić information content (AvgIpc) is 2.94. The van der Waals surface area contributed by atoms with Crippen LogP contribution in [0, 0.1) is 5.82 Å². The third-order valence-corrected chi connectivity index (χ3v) is 5.62. The first-order chi connectivity index (χ1) is 12.5. The van der Waals surface area contributed by atoms with E-state index in [9.17, 15) is 14.0 Å². The van der Waals surface area contributed by atoms with Gasteiger partial charge in [-0.1, -0.05) is 0 Å². The van der Waals surface area contributed by atoms with Crippen molar-refractivity contribution in [2.75, 3.05) is 47.5 Å². The number of thioether (sulfide) groups is 1. The first-order valence-corrected chi connectivity index (χ1v) is 10.0. The molecule has 0 spiro atoms. The molecule has 2 heterocycles. The van der Waals surface area contributed by atoms with Crippen molar-refractivity contribution in [3.63, 3.8) is 0 Å². The predicted molar refractivity (Wildman–Crippen MR) is 101 cm³/mol. The number of hydrogen-bond acceptors (Lipinski definition) is 5. The second-order valence-electron chi connectivity index (χ2n) is 6.50. The van der Waals surface area contributed by atoms with Gasteiger partial charge in [0.25, 0.3) is 0 Å². The van der Waals surface area contributed by atoms with E-state index in [0.29, 0.717) is 17.9 Å². The Labute approximate surface area is 157 Å². The van der Waals surface area contributed by atoms with Crippen LogP contribution in [0.3, 0.4) is 0 Å². The summed E-state index contributed by atoms with van der Waals surface area (Å²) in [5, 5.41) is 2.63. The van der Waals surface area contributed by atoms with E-state index in [0.717, 1.165) is 37.4 Å². The molecule has 1 unspecified atom stereocenters. The van der Waals surface area contributed by atoms with E-state index in [-0.39, 0.29) is 18.3 Å². The van der Waals surface area contributed by atoms with Crippen molar-refractivity contribution in [1.29, 1.82) is 0 Å². The van der Waals surface area contributed by atoms with Gasteiger partial charge in [-0.3, -0.25) is 9.69 Å². The fourth-order valence-electron chi connectivity index (χ4n) is 3.19. The van der Waals surface area contributed by atoms with Crippen LogP contribution in [-0.2, 0) is 9.53 Å². The van der Waals surface area contributed by atoms with Gasteiger partial charge in [0.15, 0.2) is 0 Å². The lowest BCUT2D eigenvalue weighted by atomic mass is 10.2. The molecule has 2 amide bonds. The van der Waals surface area contributed by atoms with Crippen LogP contribution >= 0.6 is 11.8 Å². The standard InChI is InChI=1S/C18H24FN3O3S/c1-13(23)20-11-15-12-22(18(24)25-15)14-4-5-17(16(19)10-14)21-6-2-8-26-9-3-7-21/h4-5,10,15H,2-3,6-9,11-12H2,1H3,(H,20,23). The molecule has 1 N–H and O–H groups in total. The number of benzene rings is 1. The fraction of sp³-hybridized carbons (Fsp3) is 0.556. The zero-order chi connectivity index (χ0) is 18.5. The van der Waals surface area contributed by atoms with E-state index < -0.39 is 12.2 Å². The smallest absolute Gasteiger partial charge is 0.414 e. The largest absolute Gasteiger partial charge is 0.442 e. The molecule has 1 aromatic carbocycles. The molecule has 1 atom stereocenters. The molecule has 3 rings (SSSR count). The van der Waals surface area contributed by atoms with Crippen molar-refractivity contribution >= 4 is 35.1 Å². The van der Waals surface area contributed by atoms with E-state index in [1.54, 1.807) is 12.1 Å². The minimum absolute atomic E-state index is 0.179. The van der Waals surface area contributed by atoms with Crippen molar-refractivity contribution < 1.29 is 18.7 Å².